The van der Waals surface area contributed by atoms with Gasteiger partial charge in [0.25, 0.3) is 5.95 Å². The second-order valence-corrected chi connectivity index (χ2v) is 4.66. The fourth-order valence-electron chi connectivity index (χ4n) is 1.86. The number of hydrogen-bond acceptors (Lipinski definition) is 7. The highest BCUT2D eigenvalue weighted by molar-refractivity contribution is 6.05. The summed E-state index contributed by atoms with van der Waals surface area (Å²) in [6, 6.07) is 8.37. The Bertz CT molecular complexity index is 850. The van der Waals surface area contributed by atoms with Gasteiger partial charge < -0.3 is 19.0 Å². The number of H-pyrrole nitrogens is 1. The number of aromatic nitrogens is 3. The van der Waals surface area contributed by atoms with Crippen LogP contribution in [0.5, 0.6) is 17.4 Å². The second-order valence-electron chi connectivity index (χ2n) is 4.66. The van der Waals surface area contributed by atoms with Gasteiger partial charge in [0.2, 0.25) is 5.78 Å². The molecule has 24 heavy (non-hydrogen) atoms. The van der Waals surface area contributed by atoms with Crippen LogP contribution in [-0.2, 0) is 0 Å². The number of methoxy groups -OCH3 is 1. The number of aliphatic hydroxyl groups excluding tert-OH is 1. The Morgan fingerprint density at radius 3 is 2.71 bits per heavy atom. The number of nitrogens with zero attached hydrogens (tertiary/aromatic N) is 2. The van der Waals surface area contributed by atoms with E-state index in [4.69, 9.17) is 13.9 Å². The van der Waals surface area contributed by atoms with E-state index < -0.39 is 5.78 Å². The fourth-order valence-corrected chi connectivity index (χ4v) is 1.86. The van der Waals surface area contributed by atoms with Crippen LogP contribution in [-0.4, -0.2) is 33.2 Å². The summed E-state index contributed by atoms with van der Waals surface area (Å²) >= 11 is 0. The first-order chi connectivity index (χ1) is 11.7. The Kier molecular flexibility index (Phi) is 4.28. The van der Waals surface area contributed by atoms with Gasteiger partial charge in [-0.2, -0.15) is 5.10 Å². The van der Waals surface area contributed by atoms with Crippen LogP contribution in [0.4, 0.5) is 0 Å². The van der Waals surface area contributed by atoms with E-state index in [0.717, 1.165) is 6.08 Å². The molecule has 0 spiro atoms. The van der Waals surface area contributed by atoms with Crippen LogP contribution in [0.15, 0.2) is 53.4 Å². The average Bonchev–Trinajstić information content (AvgIpc) is 3.27. The topological polar surface area (TPSA) is 110 Å². The molecular formula is C16H13N3O5. The van der Waals surface area contributed by atoms with Crippen molar-refractivity contribution in [3.05, 3.63) is 60.4 Å². The highest BCUT2D eigenvalue weighted by atomic mass is 16.6. The minimum absolute atomic E-state index is 0.0275. The van der Waals surface area contributed by atoms with Crippen molar-refractivity contribution < 1.29 is 23.8 Å². The molecule has 0 atom stereocenters. The average molecular weight is 327 g/mol. The summed E-state index contributed by atoms with van der Waals surface area (Å²) in [6.07, 6.45) is 3.50. The molecule has 0 aliphatic carbocycles. The van der Waals surface area contributed by atoms with E-state index in [9.17, 15) is 9.90 Å². The van der Waals surface area contributed by atoms with E-state index in [1.807, 2.05) is 0 Å². The van der Waals surface area contributed by atoms with Crippen LogP contribution < -0.4 is 9.47 Å². The molecule has 0 unspecified atom stereocenters. The number of aliphatic hydroxyl groups is 1. The minimum Gasteiger partial charge on any atom is -0.507 e. The number of allylic oxidation sites excluding steroid dienone is 1. The lowest BCUT2D eigenvalue weighted by atomic mass is 10.2. The first kappa shape index (κ1) is 15.3. The second kappa shape index (κ2) is 6.69. The molecule has 3 aromatic rings. The zero-order valence-corrected chi connectivity index (χ0v) is 12.6. The van der Waals surface area contributed by atoms with Crippen molar-refractivity contribution >= 4 is 11.5 Å². The number of hydrogen-bond donors (Lipinski definition) is 2. The van der Waals surface area contributed by atoms with Gasteiger partial charge >= 0.3 is 0 Å². The Hall–Kier alpha value is -3.55. The number of carbonyl (C=O) groups is 1. The first-order valence-electron chi connectivity index (χ1n) is 6.87. The molecule has 0 aliphatic heterocycles. The SMILES string of the molecule is COc1ccc(Oc2cc(C(O)=CC(=O)c3ncn[nH]3)co2)cc1. The molecule has 0 saturated carbocycles. The molecule has 0 aliphatic rings. The van der Waals surface area contributed by atoms with Gasteiger partial charge in [0.15, 0.2) is 5.82 Å². The van der Waals surface area contributed by atoms with Gasteiger partial charge in [0.05, 0.1) is 12.7 Å². The maximum absolute atomic E-state index is 11.8. The van der Waals surface area contributed by atoms with Crippen LogP contribution in [0.3, 0.4) is 0 Å². The third-order valence-corrected chi connectivity index (χ3v) is 3.07. The Labute approximate surface area is 136 Å². The molecule has 122 valence electrons. The molecule has 0 fully saturated rings. The summed E-state index contributed by atoms with van der Waals surface area (Å²) in [5, 5.41) is 16.0. The Morgan fingerprint density at radius 1 is 1.29 bits per heavy atom. The molecule has 0 bridgehead atoms. The largest absolute Gasteiger partial charge is 0.507 e. The number of carbonyl (C=O) groups excluding carboxylic acids is 1. The number of rotatable bonds is 6. The summed E-state index contributed by atoms with van der Waals surface area (Å²) in [7, 11) is 1.57. The molecular weight excluding hydrogens is 314 g/mol. The molecule has 0 amide bonds. The Morgan fingerprint density at radius 2 is 2.04 bits per heavy atom. The Balaban J connectivity index is 1.71. The molecule has 8 heteroatoms. The number of nitrogens with one attached hydrogen (secondary N) is 1. The molecule has 1 aromatic carbocycles. The quantitative estimate of drug-likeness (QED) is 0.407. The summed E-state index contributed by atoms with van der Waals surface area (Å²) in [5.41, 5.74) is 0.298. The molecule has 2 N–H and O–H groups in total. The lowest BCUT2D eigenvalue weighted by Gasteiger charge is -2.03. The van der Waals surface area contributed by atoms with Gasteiger partial charge in [-0.05, 0) is 24.3 Å². The number of furan rings is 1. The van der Waals surface area contributed by atoms with Crippen LogP contribution in [0.25, 0.3) is 5.76 Å². The first-order valence-corrected chi connectivity index (χ1v) is 6.87. The van der Waals surface area contributed by atoms with Crippen LogP contribution in [0, 0.1) is 0 Å². The van der Waals surface area contributed by atoms with E-state index in [2.05, 4.69) is 15.2 Å². The maximum atomic E-state index is 11.8. The van der Waals surface area contributed by atoms with Crippen molar-refractivity contribution in [2.24, 2.45) is 0 Å². The monoisotopic (exact) mass is 327 g/mol. The van der Waals surface area contributed by atoms with Gasteiger partial charge in [0, 0.05) is 12.1 Å². The lowest BCUT2D eigenvalue weighted by Crippen LogP contribution is -1.98. The molecule has 2 heterocycles. The molecule has 0 saturated heterocycles. The number of benzene rings is 1. The smallest absolute Gasteiger partial charge is 0.290 e. The van der Waals surface area contributed by atoms with Gasteiger partial charge in [-0.25, -0.2) is 4.98 Å². The maximum Gasteiger partial charge on any atom is 0.290 e. The van der Waals surface area contributed by atoms with Crippen molar-refractivity contribution in [1.29, 1.82) is 0 Å². The third kappa shape index (κ3) is 3.43. The molecule has 0 radical (unpaired) electrons. The van der Waals surface area contributed by atoms with E-state index in [-0.39, 0.29) is 17.5 Å². The number of aromatic amines is 1. The van der Waals surface area contributed by atoms with Crippen molar-refractivity contribution in [1.82, 2.24) is 15.2 Å². The highest BCUT2D eigenvalue weighted by Gasteiger charge is 2.12. The van der Waals surface area contributed by atoms with Crippen molar-refractivity contribution in [2.75, 3.05) is 7.11 Å². The molecule has 2 aromatic heterocycles. The van der Waals surface area contributed by atoms with E-state index in [0.29, 0.717) is 17.1 Å². The van der Waals surface area contributed by atoms with Crippen LogP contribution >= 0.6 is 0 Å². The van der Waals surface area contributed by atoms with E-state index >= 15 is 0 Å². The van der Waals surface area contributed by atoms with Gasteiger partial charge in [-0.15, -0.1) is 0 Å². The predicted octanol–water partition coefficient (Wildman–Crippen LogP) is 2.98. The number of ether oxygens (including phenoxy) is 2. The van der Waals surface area contributed by atoms with Gasteiger partial charge in [0.1, 0.15) is 29.8 Å². The van der Waals surface area contributed by atoms with Crippen LogP contribution in [0.1, 0.15) is 16.2 Å². The number of ketones is 1. The normalized spacial score (nSPS) is 11.3. The summed E-state index contributed by atoms with van der Waals surface area (Å²) in [6.45, 7) is 0. The van der Waals surface area contributed by atoms with Gasteiger partial charge in [-0.1, -0.05) is 0 Å². The van der Waals surface area contributed by atoms with Crippen molar-refractivity contribution in [3.8, 4) is 17.4 Å². The standard InChI is InChI=1S/C16H13N3O5/c1-22-11-2-4-12(5-3-11)24-15-6-10(8-23-15)13(20)7-14(21)16-17-9-18-19-16/h2-9,20H,1H3,(H,17,18,19). The molecule has 3 rings (SSSR count). The zero-order valence-electron chi connectivity index (χ0n) is 12.6. The highest BCUT2D eigenvalue weighted by Crippen LogP contribution is 2.27. The fraction of sp³-hybridized carbons (Fsp3) is 0.0625. The summed E-state index contributed by atoms with van der Waals surface area (Å²) in [5.74, 6) is 0.655. The van der Waals surface area contributed by atoms with Crippen molar-refractivity contribution in [2.45, 2.75) is 0 Å². The lowest BCUT2D eigenvalue weighted by molar-refractivity contribution is 0.103. The zero-order chi connectivity index (χ0) is 16.9. The third-order valence-electron chi connectivity index (χ3n) is 3.07. The van der Waals surface area contributed by atoms with Crippen molar-refractivity contribution in [3.63, 3.8) is 0 Å². The van der Waals surface area contributed by atoms with Gasteiger partial charge in [-0.3, -0.25) is 9.89 Å². The van der Waals surface area contributed by atoms with E-state index in [1.165, 1.54) is 18.7 Å². The van der Waals surface area contributed by atoms with E-state index in [1.54, 1.807) is 31.4 Å². The molecule has 8 nitrogen and oxygen atoms in total. The van der Waals surface area contributed by atoms with Crippen LogP contribution in [0.2, 0.25) is 0 Å². The summed E-state index contributed by atoms with van der Waals surface area (Å²) < 4.78 is 15.8. The summed E-state index contributed by atoms with van der Waals surface area (Å²) in [4.78, 5) is 15.5. The minimum atomic E-state index is -0.510. The predicted molar refractivity (Wildman–Crippen MR) is 83.1 cm³/mol.